The van der Waals surface area contributed by atoms with Gasteiger partial charge in [0.25, 0.3) is 5.91 Å². The minimum absolute atomic E-state index is 0.00479. The summed E-state index contributed by atoms with van der Waals surface area (Å²) in [6.07, 6.45) is 3.71. The number of benzene rings is 2. The number of nitrogens with one attached hydrogen (secondary N) is 1. The molecular formula is C21H18N8O. The van der Waals surface area contributed by atoms with Crippen LogP contribution in [-0.2, 0) is 17.9 Å². The van der Waals surface area contributed by atoms with Gasteiger partial charge in [-0.05, 0) is 12.1 Å². The van der Waals surface area contributed by atoms with E-state index in [-0.39, 0.29) is 12.5 Å². The van der Waals surface area contributed by atoms with Crippen LogP contribution in [0.1, 0.15) is 12.0 Å². The van der Waals surface area contributed by atoms with Gasteiger partial charge in [-0.3, -0.25) is 9.48 Å². The first kappa shape index (κ1) is 19.0. The molecular weight excluding hydrogens is 380 g/mol. The number of hydrogen-bond donors (Lipinski definition) is 1. The summed E-state index contributed by atoms with van der Waals surface area (Å²) in [5.74, 6) is -0.319. The summed E-state index contributed by atoms with van der Waals surface area (Å²) < 4.78 is 3.23. The van der Waals surface area contributed by atoms with E-state index in [0.29, 0.717) is 13.0 Å². The van der Waals surface area contributed by atoms with Gasteiger partial charge in [0.1, 0.15) is 17.8 Å². The summed E-state index contributed by atoms with van der Waals surface area (Å²) in [5, 5.41) is 25.5. The summed E-state index contributed by atoms with van der Waals surface area (Å²) in [6.45, 7) is 0.487. The van der Waals surface area contributed by atoms with Crippen molar-refractivity contribution >= 4 is 23.2 Å². The quantitative estimate of drug-likeness (QED) is 0.379. The predicted octanol–water partition coefficient (Wildman–Crippen LogP) is 2.36. The van der Waals surface area contributed by atoms with Crippen LogP contribution in [0.2, 0.25) is 0 Å². The van der Waals surface area contributed by atoms with E-state index in [1.54, 1.807) is 17.1 Å². The van der Waals surface area contributed by atoms with Gasteiger partial charge < -0.3 is 0 Å². The average molecular weight is 398 g/mol. The number of nitrogens with zero attached hydrogens (tertiary/aromatic N) is 7. The maximum absolute atomic E-state index is 12.3. The Morgan fingerprint density at radius 2 is 1.97 bits per heavy atom. The topological polar surface area (TPSA) is 114 Å². The van der Waals surface area contributed by atoms with Gasteiger partial charge in [-0.2, -0.15) is 15.5 Å². The first-order chi connectivity index (χ1) is 14.7. The Bertz CT molecular complexity index is 1230. The van der Waals surface area contributed by atoms with E-state index in [2.05, 4.69) is 32.0 Å². The minimum Gasteiger partial charge on any atom is -0.271 e. The molecule has 0 aliphatic carbocycles. The number of carbonyl (C=O) groups excluding carboxylic acids is 1. The summed E-state index contributed by atoms with van der Waals surface area (Å²) in [7, 11) is 0. The SMILES string of the molecule is N#CCCn1cc(/C=N\NC(=O)Cn2nnc3ccccc32)c(-c2ccccc2)n1. The van der Waals surface area contributed by atoms with E-state index < -0.39 is 0 Å². The second-order valence-electron chi connectivity index (χ2n) is 6.50. The van der Waals surface area contributed by atoms with E-state index in [1.807, 2.05) is 54.6 Å². The molecule has 0 radical (unpaired) electrons. The third kappa shape index (κ3) is 4.23. The molecule has 0 atom stereocenters. The highest BCUT2D eigenvalue weighted by atomic mass is 16.2. The van der Waals surface area contributed by atoms with Crippen molar-refractivity contribution in [3.05, 3.63) is 66.4 Å². The molecule has 0 saturated carbocycles. The summed E-state index contributed by atoms with van der Waals surface area (Å²) >= 11 is 0. The van der Waals surface area contributed by atoms with Gasteiger partial charge in [-0.1, -0.05) is 47.7 Å². The first-order valence-corrected chi connectivity index (χ1v) is 9.34. The molecule has 2 aromatic heterocycles. The van der Waals surface area contributed by atoms with Crippen LogP contribution in [0.4, 0.5) is 0 Å². The maximum Gasteiger partial charge on any atom is 0.261 e. The number of aromatic nitrogens is 5. The second kappa shape index (κ2) is 8.79. The molecule has 0 spiro atoms. The zero-order valence-corrected chi connectivity index (χ0v) is 16.0. The smallest absolute Gasteiger partial charge is 0.261 e. The summed E-state index contributed by atoms with van der Waals surface area (Å²) in [6, 6.07) is 19.2. The van der Waals surface area contributed by atoms with Crippen molar-refractivity contribution in [1.29, 1.82) is 5.26 Å². The molecule has 30 heavy (non-hydrogen) atoms. The highest BCUT2D eigenvalue weighted by Crippen LogP contribution is 2.20. The van der Waals surface area contributed by atoms with Crippen LogP contribution < -0.4 is 5.43 Å². The number of nitriles is 1. The fourth-order valence-corrected chi connectivity index (χ4v) is 3.01. The van der Waals surface area contributed by atoms with Gasteiger partial charge in [0, 0.05) is 17.3 Å². The summed E-state index contributed by atoms with van der Waals surface area (Å²) in [4.78, 5) is 12.3. The van der Waals surface area contributed by atoms with Crippen molar-refractivity contribution < 1.29 is 4.79 Å². The lowest BCUT2D eigenvalue weighted by Gasteiger charge is -2.01. The average Bonchev–Trinajstić information content (AvgIpc) is 3.37. The second-order valence-corrected chi connectivity index (χ2v) is 6.50. The molecule has 0 bridgehead atoms. The van der Waals surface area contributed by atoms with Gasteiger partial charge in [-0.15, -0.1) is 5.10 Å². The molecule has 9 nitrogen and oxygen atoms in total. The largest absolute Gasteiger partial charge is 0.271 e. The molecule has 0 saturated heterocycles. The Balaban J connectivity index is 1.48. The fourth-order valence-electron chi connectivity index (χ4n) is 3.01. The monoisotopic (exact) mass is 398 g/mol. The van der Waals surface area contributed by atoms with Crippen molar-refractivity contribution in [2.24, 2.45) is 5.10 Å². The zero-order valence-electron chi connectivity index (χ0n) is 16.0. The highest BCUT2D eigenvalue weighted by Gasteiger charge is 2.11. The number of amides is 1. The van der Waals surface area contributed by atoms with Crippen LogP contribution in [-0.4, -0.2) is 36.9 Å². The third-order valence-corrected chi connectivity index (χ3v) is 4.40. The van der Waals surface area contributed by atoms with Crippen molar-refractivity contribution in [1.82, 2.24) is 30.2 Å². The molecule has 4 rings (SSSR count). The minimum atomic E-state index is -0.319. The lowest BCUT2D eigenvalue weighted by molar-refractivity contribution is -0.121. The van der Waals surface area contributed by atoms with Gasteiger partial charge in [-0.25, -0.2) is 10.1 Å². The molecule has 0 aliphatic rings. The van der Waals surface area contributed by atoms with E-state index in [0.717, 1.165) is 27.9 Å². The molecule has 0 fully saturated rings. The first-order valence-electron chi connectivity index (χ1n) is 9.34. The number of fused-ring (bicyclic) bond motifs is 1. The van der Waals surface area contributed by atoms with Gasteiger partial charge in [0.2, 0.25) is 0 Å². The van der Waals surface area contributed by atoms with Gasteiger partial charge in [0.15, 0.2) is 0 Å². The Morgan fingerprint density at radius 3 is 2.80 bits per heavy atom. The Hall–Kier alpha value is -4.32. The predicted molar refractivity (Wildman–Crippen MR) is 111 cm³/mol. The van der Waals surface area contributed by atoms with Crippen molar-refractivity contribution in [2.45, 2.75) is 19.5 Å². The van der Waals surface area contributed by atoms with E-state index in [4.69, 9.17) is 5.26 Å². The molecule has 2 heterocycles. The third-order valence-electron chi connectivity index (χ3n) is 4.40. The lowest BCUT2D eigenvalue weighted by Crippen LogP contribution is -2.23. The molecule has 9 heteroatoms. The van der Waals surface area contributed by atoms with Crippen LogP contribution in [0.5, 0.6) is 0 Å². The Labute approximate surface area is 172 Å². The number of hydrogen-bond acceptors (Lipinski definition) is 6. The van der Waals surface area contributed by atoms with Crippen LogP contribution >= 0.6 is 0 Å². The zero-order chi connectivity index (χ0) is 20.8. The Kier molecular flexibility index (Phi) is 5.57. The normalized spacial score (nSPS) is 11.0. The van der Waals surface area contributed by atoms with Crippen molar-refractivity contribution in [2.75, 3.05) is 0 Å². The highest BCUT2D eigenvalue weighted by molar-refractivity contribution is 5.89. The van der Waals surface area contributed by atoms with Crippen LogP contribution in [0, 0.1) is 11.3 Å². The molecule has 1 amide bonds. The standard InChI is InChI=1S/C21H18N8O/c22-11-6-12-28-14-17(21(26-28)16-7-2-1-3-8-16)13-23-25-20(30)15-29-19-10-5-4-9-18(19)24-27-29/h1-5,7-10,13-14H,6,12,15H2,(H,25,30)/b23-13-. The van der Waals surface area contributed by atoms with Crippen LogP contribution in [0.3, 0.4) is 0 Å². The maximum atomic E-state index is 12.3. The van der Waals surface area contributed by atoms with Crippen LogP contribution in [0.25, 0.3) is 22.3 Å². The molecule has 0 aliphatic heterocycles. The fraction of sp³-hybridized carbons (Fsp3) is 0.143. The van der Waals surface area contributed by atoms with E-state index in [9.17, 15) is 4.79 Å². The number of hydrazone groups is 1. The molecule has 148 valence electrons. The number of para-hydroxylation sites is 1. The summed E-state index contributed by atoms with van der Waals surface area (Å²) in [5.41, 5.74) is 6.42. The van der Waals surface area contributed by atoms with Crippen molar-refractivity contribution in [3.8, 4) is 17.3 Å². The Morgan fingerprint density at radius 1 is 1.17 bits per heavy atom. The van der Waals surface area contributed by atoms with Gasteiger partial charge >= 0.3 is 0 Å². The van der Waals surface area contributed by atoms with E-state index >= 15 is 0 Å². The number of rotatable bonds is 7. The molecule has 1 N–H and O–H groups in total. The van der Waals surface area contributed by atoms with Crippen molar-refractivity contribution in [3.63, 3.8) is 0 Å². The molecule has 4 aromatic rings. The lowest BCUT2D eigenvalue weighted by atomic mass is 10.1. The number of carbonyl (C=O) groups is 1. The van der Waals surface area contributed by atoms with Gasteiger partial charge in [0.05, 0.1) is 30.8 Å². The number of aryl methyl sites for hydroxylation is 1. The van der Waals surface area contributed by atoms with Crippen LogP contribution in [0.15, 0.2) is 65.9 Å². The molecule has 0 unspecified atom stereocenters. The molecule has 2 aromatic carbocycles. The van der Waals surface area contributed by atoms with E-state index in [1.165, 1.54) is 4.68 Å².